The molecule has 3 heterocycles. The highest BCUT2D eigenvalue weighted by Crippen LogP contribution is 2.34. The van der Waals surface area contributed by atoms with E-state index in [1.807, 2.05) is 38.1 Å². The van der Waals surface area contributed by atoms with Gasteiger partial charge in [-0.2, -0.15) is 0 Å². The molecule has 2 aliphatic heterocycles. The third-order valence-corrected chi connectivity index (χ3v) is 5.97. The van der Waals surface area contributed by atoms with Gasteiger partial charge in [-0.15, -0.1) is 0 Å². The molecule has 8 nitrogen and oxygen atoms in total. The molecule has 0 unspecified atom stereocenters. The van der Waals surface area contributed by atoms with Crippen LogP contribution in [0.25, 0.3) is 0 Å². The minimum absolute atomic E-state index is 0.0234. The van der Waals surface area contributed by atoms with Crippen LogP contribution in [0.2, 0.25) is 0 Å². The summed E-state index contributed by atoms with van der Waals surface area (Å²) in [5.41, 5.74) is 2.41. The highest BCUT2D eigenvalue weighted by molar-refractivity contribution is 5.66. The molecule has 1 saturated heterocycles. The Hall–Kier alpha value is -2.42. The Morgan fingerprint density at radius 2 is 1.80 bits per heavy atom. The van der Waals surface area contributed by atoms with E-state index in [-0.39, 0.29) is 5.56 Å². The first kappa shape index (κ1) is 20.8. The average Bonchev–Trinajstić information content (AvgIpc) is 2.78. The van der Waals surface area contributed by atoms with Crippen LogP contribution in [0.3, 0.4) is 0 Å². The Balaban J connectivity index is 1.60. The highest BCUT2D eigenvalue weighted by Gasteiger charge is 2.28. The second kappa shape index (κ2) is 9.16. The normalized spacial score (nSPS) is 17.8. The lowest BCUT2D eigenvalue weighted by Gasteiger charge is -2.39. The molecule has 2 aliphatic rings. The number of para-hydroxylation sites is 2. The third-order valence-electron chi connectivity index (χ3n) is 5.97. The molecule has 30 heavy (non-hydrogen) atoms. The molecule has 0 aliphatic carbocycles. The van der Waals surface area contributed by atoms with Gasteiger partial charge in [-0.3, -0.25) is 24.1 Å². The monoisotopic (exact) mass is 413 g/mol. The lowest BCUT2D eigenvalue weighted by atomic mass is 10.2. The number of hydrogen-bond donors (Lipinski definition) is 0. The summed E-state index contributed by atoms with van der Waals surface area (Å²) in [6.45, 7) is 10.5. The molecule has 1 aromatic heterocycles. The number of rotatable bonds is 6. The van der Waals surface area contributed by atoms with E-state index in [2.05, 4.69) is 14.7 Å². The Kier molecular flexibility index (Phi) is 6.36. The second-order valence-electron chi connectivity index (χ2n) is 7.94. The summed E-state index contributed by atoms with van der Waals surface area (Å²) in [4.78, 5) is 24.7. The summed E-state index contributed by atoms with van der Waals surface area (Å²) >= 11 is 0. The van der Waals surface area contributed by atoms with Crippen LogP contribution in [0.15, 0.2) is 29.1 Å². The van der Waals surface area contributed by atoms with E-state index in [9.17, 15) is 4.79 Å². The number of benzene rings is 1. The number of morpholine rings is 1. The molecule has 1 fully saturated rings. The van der Waals surface area contributed by atoms with E-state index in [0.29, 0.717) is 24.8 Å². The van der Waals surface area contributed by atoms with Crippen LogP contribution in [0.4, 0.5) is 11.6 Å². The predicted molar refractivity (Wildman–Crippen MR) is 117 cm³/mol. The standard InChI is InChI=1S/C22H31N5O3/c1-17-18(2)23-22-26(19-7-4-5-8-20(19)29-3)15-25(16-27(22)21(17)28)10-6-9-24-11-13-30-14-12-24/h4-5,7-8H,6,9-16H2,1-3H3. The Morgan fingerprint density at radius 1 is 1.07 bits per heavy atom. The Bertz CT molecular complexity index is 939. The van der Waals surface area contributed by atoms with Gasteiger partial charge in [-0.1, -0.05) is 12.1 Å². The summed E-state index contributed by atoms with van der Waals surface area (Å²) in [7, 11) is 1.67. The molecule has 0 spiro atoms. The van der Waals surface area contributed by atoms with Crippen molar-refractivity contribution in [2.24, 2.45) is 0 Å². The number of aryl methyl sites for hydroxylation is 1. The van der Waals surface area contributed by atoms with Crippen LogP contribution >= 0.6 is 0 Å². The van der Waals surface area contributed by atoms with Crippen LogP contribution in [0, 0.1) is 13.8 Å². The van der Waals surface area contributed by atoms with Gasteiger partial charge >= 0.3 is 0 Å². The second-order valence-corrected chi connectivity index (χ2v) is 7.94. The molecule has 0 N–H and O–H groups in total. The average molecular weight is 414 g/mol. The molecule has 162 valence electrons. The van der Waals surface area contributed by atoms with Gasteiger partial charge in [0, 0.05) is 30.9 Å². The molecule has 8 heteroatoms. The molecular formula is C22H31N5O3. The topological polar surface area (TPSA) is 63.1 Å². The van der Waals surface area contributed by atoms with Crippen LogP contribution in [-0.2, 0) is 11.4 Å². The van der Waals surface area contributed by atoms with E-state index in [0.717, 1.165) is 62.9 Å². The third kappa shape index (κ3) is 4.21. The lowest BCUT2D eigenvalue weighted by molar-refractivity contribution is 0.0354. The Morgan fingerprint density at radius 3 is 2.57 bits per heavy atom. The molecule has 0 bridgehead atoms. The summed E-state index contributed by atoms with van der Waals surface area (Å²) < 4.78 is 12.8. The fraction of sp³-hybridized carbons (Fsp3) is 0.545. The van der Waals surface area contributed by atoms with Gasteiger partial charge in [0.25, 0.3) is 5.56 Å². The number of ether oxygens (including phenoxy) is 2. The van der Waals surface area contributed by atoms with Crippen molar-refractivity contribution in [1.82, 2.24) is 19.4 Å². The van der Waals surface area contributed by atoms with Crippen molar-refractivity contribution >= 4 is 11.6 Å². The van der Waals surface area contributed by atoms with E-state index >= 15 is 0 Å². The zero-order chi connectivity index (χ0) is 21.1. The minimum atomic E-state index is 0.0234. The van der Waals surface area contributed by atoms with Gasteiger partial charge in [0.1, 0.15) is 5.75 Å². The highest BCUT2D eigenvalue weighted by atomic mass is 16.5. The fourth-order valence-corrected chi connectivity index (χ4v) is 4.10. The van der Waals surface area contributed by atoms with Gasteiger partial charge < -0.3 is 9.47 Å². The SMILES string of the molecule is COc1ccccc1N1CN(CCCN2CCOCC2)Cn2c1nc(C)c(C)c2=O. The minimum Gasteiger partial charge on any atom is -0.495 e. The van der Waals surface area contributed by atoms with Gasteiger partial charge in [0.05, 0.1) is 39.3 Å². The van der Waals surface area contributed by atoms with Gasteiger partial charge in [0.2, 0.25) is 5.95 Å². The largest absolute Gasteiger partial charge is 0.495 e. The van der Waals surface area contributed by atoms with Crippen molar-refractivity contribution in [1.29, 1.82) is 0 Å². The van der Waals surface area contributed by atoms with Gasteiger partial charge in [0.15, 0.2) is 0 Å². The van der Waals surface area contributed by atoms with Crippen molar-refractivity contribution in [2.75, 3.05) is 58.1 Å². The van der Waals surface area contributed by atoms with Crippen molar-refractivity contribution in [3.63, 3.8) is 0 Å². The first-order chi connectivity index (χ1) is 14.6. The van der Waals surface area contributed by atoms with Crippen molar-refractivity contribution in [3.05, 3.63) is 45.9 Å². The first-order valence-corrected chi connectivity index (χ1v) is 10.6. The lowest BCUT2D eigenvalue weighted by Crippen LogP contribution is -2.48. The van der Waals surface area contributed by atoms with Crippen LogP contribution in [0.1, 0.15) is 17.7 Å². The van der Waals surface area contributed by atoms with E-state index in [1.54, 1.807) is 11.7 Å². The number of nitrogens with zero attached hydrogens (tertiary/aromatic N) is 5. The van der Waals surface area contributed by atoms with Gasteiger partial charge in [-0.25, -0.2) is 4.98 Å². The number of anilines is 2. The number of methoxy groups -OCH3 is 1. The predicted octanol–water partition coefficient (Wildman–Crippen LogP) is 1.96. The summed E-state index contributed by atoms with van der Waals surface area (Å²) in [5.74, 6) is 1.45. The summed E-state index contributed by atoms with van der Waals surface area (Å²) in [6, 6.07) is 7.89. The quantitative estimate of drug-likeness (QED) is 0.717. The van der Waals surface area contributed by atoms with E-state index in [1.165, 1.54) is 0 Å². The van der Waals surface area contributed by atoms with Crippen molar-refractivity contribution in [3.8, 4) is 5.75 Å². The maximum atomic E-state index is 13.0. The number of aromatic nitrogens is 2. The van der Waals surface area contributed by atoms with Crippen molar-refractivity contribution < 1.29 is 9.47 Å². The summed E-state index contributed by atoms with van der Waals surface area (Å²) in [6.07, 6.45) is 1.04. The molecule has 1 aromatic carbocycles. The zero-order valence-corrected chi connectivity index (χ0v) is 18.1. The molecule has 2 aromatic rings. The smallest absolute Gasteiger partial charge is 0.259 e. The van der Waals surface area contributed by atoms with E-state index in [4.69, 9.17) is 14.5 Å². The fourth-order valence-electron chi connectivity index (χ4n) is 4.10. The van der Waals surface area contributed by atoms with Crippen molar-refractivity contribution in [2.45, 2.75) is 26.9 Å². The Labute approximate surface area is 177 Å². The molecule has 0 saturated carbocycles. The van der Waals surface area contributed by atoms with Crippen LogP contribution < -0.4 is 15.2 Å². The number of hydrogen-bond acceptors (Lipinski definition) is 7. The molecular weight excluding hydrogens is 382 g/mol. The number of fused-ring (bicyclic) bond motifs is 1. The summed E-state index contributed by atoms with van der Waals surface area (Å²) in [5, 5.41) is 0. The van der Waals surface area contributed by atoms with Crippen LogP contribution in [-0.4, -0.2) is 72.5 Å². The molecule has 0 atom stereocenters. The molecule has 0 radical (unpaired) electrons. The van der Waals surface area contributed by atoms with E-state index < -0.39 is 0 Å². The first-order valence-electron chi connectivity index (χ1n) is 10.6. The maximum absolute atomic E-state index is 13.0. The van der Waals surface area contributed by atoms with Crippen LogP contribution in [0.5, 0.6) is 5.75 Å². The zero-order valence-electron chi connectivity index (χ0n) is 18.1. The molecule has 4 rings (SSSR count). The van der Waals surface area contributed by atoms with Gasteiger partial charge in [-0.05, 0) is 38.9 Å². The molecule has 0 amide bonds. The maximum Gasteiger partial charge on any atom is 0.259 e.